The van der Waals surface area contributed by atoms with E-state index in [9.17, 15) is 14.9 Å². The van der Waals surface area contributed by atoms with E-state index < -0.39 is 16.8 Å². The van der Waals surface area contributed by atoms with Crippen LogP contribution in [0.3, 0.4) is 0 Å². The zero-order valence-electron chi connectivity index (χ0n) is 10.6. The maximum atomic E-state index is 10.9. The first-order chi connectivity index (χ1) is 9.36. The van der Waals surface area contributed by atoms with Crippen LogP contribution in [0, 0.1) is 27.4 Å². The quantitative estimate of drug-likeness (QED) is 0.490. The molecule has 0 bridgehead atoms. The Labute approximate surface area is 120 Å². The number of hydrogen-bond acceptors (Lipinski definition) is 5. The van der Waals surface area contributed by atoms with Gasteiger partial charge in [0.1, 0.15) is 11.6 Å². The van der Waals surface area contributed by atoms with Crippen molar-refractivity contribution in [2.75, 3.05) is 18.0 Å². The van der Waals surface area contributed by atoms with Crippen LogP contribution >= 0.6 is 11.6 Å². The van der Waals surface area contributed by atoms with Gasteiger partial charge in [0.15, 0.2) is 0 Å². The zero-order valence-corrected chi connectivity index (χ0v) is 11.4. The molecular weight excluding hydrogens is 286 g/mol. The Bertz CT molecular complexity index is 570. The van der Waals surface area contributed by atoms with Gasteiger partial charge in [0, 0.05) is 18.3 Å². The van der Waals surface area contributed by atoms with E-state index in [4.69, 9.17) is 22.0 Å². The van der Waals surface area contributed by atoms with Gasteiger partial charge >= 0.3 is 5.97 Å². The Morgan fingerprint density at radius 3 is 2.80 bits per heavy atom. The van der Waals surface area contributed by atoms with Crippen molar-refractivity contribution in [1.82, 2.24) is 0 Å². The summed E-state index contributed by atoms with van der Waals surface area (Å²) < 4.78 is 0. The molecule has 1 aromatic carbocycles. The molecule has 1 unspecified atom stereocenters. The third-order valence-electron chi connectivity index (χ3n) is 2.67. The fourth-order valence-corrected chi connectivity index (χ4v) is 1.78. The number of carboxylic acid groups (broad SMARTS) is 1. The summed E-state index contributed by atoms with van der Waals surface area (Å²) in [6.45, 7) is 1.50. The lowest BCUT2D eigenvalue weighted by atomic mass is 10.1. The van der Waals surface area contributed by atoms with E-state index in [-0.39, 0.29) is 23.8 Å². The number of carboxylic acids is 1. The minimum absolute atomic E-state index is 0.0121. The molecule has 106 valence electrons. The van der Waals surface area contributed by atoms with Gasteiger partial charge in [-0.1, -0.05) is 18.5 Å². The van der Waals surface area contributed by atoms with Crippen molar-refractivity contribution in [3.8, 4) is 6.07 Å². The fraction of sp³-hybridized carbons (Fsp3) is 0.333. The number of nitro benzene ring substituents is 1. The van der Waals surface area contributed by atoms with Crippen LogP contribution in [0.1, 0.15) is 6.92 Å². The topological polar surface area (TPSA) is 107 Å². The molecule has 0 aromatic heterocycles. The number of halogens is 1. The molecule has 0 radical (unpaired) electrons. The predicted octanol–water partition coefficient (Wildman–Crippen LogP) is 2.30. The third kappa shape index (κ3) is 3.83. The standard InChI is InChI=1S/C12H12ClN3O4/c1-8(12(17)18)7-15(5-4-14)9-2-3-10(13)11(6-9)16(19)20/h2-3,6,8H,5,7H2,1H3,(H,17,18). The molecule has 0 aliphatic carbocycles. The fourth-order valence-electron chi connectivity index (χ4n) is 1.59. The van der Waals surface area contributed by atoms with Crippen LogP contribution in [0.5, 0.6) is 0 Å². The van der Waals surface area contributed by atoms with Gasteiger partial charge in [0.2, 0.25) is 0 Å². The molecule has 20 heavy (non-hydrogen) atoms. The number of anilines is 1. The molecule has 0 fully saturated rings. The first kappa shape index (κ1) is 15.7. The Kier molecular flexibility index (Phi) is 5.29. The normalized spacial score (nSPS) is 11.4. The minimum Gasteiger partial charge on any atom is -0.481 e. The van der Waals surface area contributed by atoms with E-state index >= 15 is 0 Å². The molecule has 8 heteroatoms. The van der Waals surface area contributed by atoms with Gasteiger partial charge < -0.3 is 10.0 Å². The third-order valence-corrected chi connectivity index (χ3v) is 2.99. The van der Waals surface area contributed by atoms with Gasteiger partial charge in [-0.3, -0.25) is 14.9 Å². The van der Waals surface area contributed by atoms with E-state index in [1.807, 2.05) is 6.07 Å². The van der Waals surface area contributed by atoms with E-state index in [0.717, 1.165) is 0 Å². The van der Waals surface area contributed by atoms with Crippen LogP contribution in [0.2, 0.25) is 5.02 Å². The van der Waals surface area contributed by atoms with E-state index in [2.05, 4.69) is 0 Å². The first-order valence-corrected chi connectivity index (χ1v) is 6.03. The van der Waals surface area contributed by atoms with Gasteiger partial charge in [-0.05, 0) is 12.1 Å². The number of hydrogen-bond donors (Lipinski definition) is 1. The molecular formula is C12H12ClN3O4. The summed E-state index contributed by atoms with van der Waals surface area (Å²) in [5.41, 5.74) is 0.103. The van der Waals surface area contributed by atoms with Crippen molar-refractivity contribution < 1.29 is 14.8 Å². The zero-order chi connectivity index (χ0) is 15.3. The number of benzene rings is 1. The molecule has 0 aliphatic heterocycles. The number of nitrogens with zero attached hydrogens (tertiary/aromatic N) is 3. The maximum Gasteiger partial charge on any atom is 0.308 e. The minimum atomic E-state index is -1.00. The molecule has 1 aromatic rings. The average Bonchev–Trinajstić information content (AvgIpc) is 2.38. The van der Waals surface area contributed by atoms with Crippen molar-refractivity contribution in [3.05, 3.63) is 33.3 Å². The SMILES string of the molecule is CC(CN(CC#N)c1ccc(Cl)c([N+](=O)[O-])c1)C(=O)O. The monoisotopic (exact) mass is 297 g/mol. The van der Waals surface area contributed by atoms with Crippen molar-refractivity contribution in [1.29, 1.82) is 5.26 Å². The number of aliphatic carboxylic acids is 1. The molecule has 1 rings (SSSR count). The maximum absolute atomic E-state index is 10.9. The predicted molar refractivity (Wildman–Crippen MR) is 72.7 cm³/mol. The average molecular weight is 298 g/mol. The summed E-state index contributed by atoms with van der Waals surface area (Å²) in [5, 5.41) is 28.5. The van der Waals surface area contributed by atoms with Crippen LogP contribution in [0.4, 0.5) is 11.4 Å². The van der Waals surface area contributed by atoms with Crippen LogP contribution in [-0.4, -0.2) is 29.1 Å². The Morgan fingerprint density at radius 1 is 1.65 bits per heavy atom. The largest absolute Gasteiger partial charge is 0.481 e. The second-order valence-electron chi connectivity index (χ2n) is 4.17. The highest BCUT2D eigenvalue weighted by atomic mass is 35.5. The highest BCUT2D eigenvalue weighted by Crippen LogP contribution is 2.29. The lowest BCUT2D eigenvalue weighted by Crippen LogP contribution is -2.32. The molecule has 0 saturated carbocycles. The first-order valence-electron chi connectivity index (χ1n) is 5.65. The van der Waals surface area contributed by atoms with E-state index in [1.54, 1.807) is 0 Å². The van der Waals surface area contributed by atoms with Gasteiger partial charge in [-0.15, -0.1) is 0 Å². The van der Waals surface area contributed by atoms with Crippen LogP contribution in [0.15, 0.2) is 18.2 Å². The van der Waals surface area contributed by atoms with Gasteiger partial charge in [-0.25, -0.2) is 0 Å². The summed E-state index contributed by atoms with van der Waals surface area (Å²) in [6.07, 6.45) is 0. The summed E-state index contributed by atoms with van der Waals surface area (Å²) in [7, 11) is 0. The molecule has 0 amide bonds. The van der Waals surface area contributed by atoms with Crippen molar-refractivity contribution >= 4 is 28.9 Å². The van der Waals surface area contributed by atoms with Crippen LogP contribution < -0.4 is 4.90 Å². The summed E-state index contributed by atoms with van der Waals surface area (Å²) >= 11 is 5.71. The summed E-state index contributed by atoms with van der Waals surface area (Å²) in [4.78, 5) is 22.5. The molecule has 1 atom stereocenters. The van der Waals surface area contributed by atoms with Gasteiger partial charge in [0.25, 0.3) is 5.69 Å². The lowest BCUT2D eigenvalue weighted by Gasteiger charge is -2.23. The van der Waals surface area contributed by atoms with Gasteiger partial charge in [-0.2, -0.15) is 5.26 Å². The summed E-state index contributed by atoms with van der Waals surface area (Å²) in [6, 6.07) is 6.00. The van der Waals surface area contributed by atoms with Crippen LogP contribution in [-0.2, 0) is 4.79 Å². The van der Waals surface area contributed by atoms with Crippen molar-refractivity contribution in [2.24, 2.45) is 5.92 Å². The lowest BCUT2D eigenvalue weighted by molar-refractivity contribution is -0.384. The van der Waals surface area contributed by atoms with Gasteiger partial charge in [0.05, 0.1) is 16.9 Å². The highest BCUT2D eigenvalue weighted by molar-refractivity contribution is 6.32. The summed E-state index contributed by atoms with van der Waals surface area (Å²) in [5.74, 6) is -1.71. The smallest absolute Gasteiger partial charge is 0.308 e. The Hall–Kier alpha value is -2.33. The molecule has 7 nitrogen and oxygen atoms in total. The molecule has 0 aliphatic rings. The Balaban J connectivity index is 3.09. The Morgan fingerprint density at radius 2 is 2.30 bits per heavy atom. The molecule has 0 saturated heterocycles. The van der Waals surface area contributed by atoms with E-state index in [1.165, 1.54) is 30.0 Å². The number of rotatable bonds is 6. The van der Waals surface area contributed by atoms with E-state index in [0.29, 0.717) is 5.69 Å². The van der Waals surface area contributed by atoms with Crippen molar-refractivity contribution in [2.45, 2.75) is 6.92 Å². The molecule has 1 N–H and O–H groups in total. The second-order valence-corrected chi connectivity index (χ2v) is 4.58. The number of nitro groups is 1. The molecule has 0 spiro atoms. The number of carbonyl (C=O) groups is 1. The second kappa shape index (κ2) is 6.73. The van der Waals surface area contributed by atoms with Crippen molar-refractivity contribution in [3.63, 3.8) is 0 Å². The highest BCUT2D eigenvalue weighted by Gasteiger charge is 2.20. The molecule has 0 heterocycles. The van der Waals surface area contributed by atoms with Crippen LogP contribution in [0.25, 0.3) is 0 Å². The number of nitriles is 1.